The molecule has 2 aromatic carbocycles. The molecule has 0 spiro atoms. The summed E-state index contributed by atoms with van der Waals surface area (Å²) in [6, 6.07) is 8.83. The first-order valence-corrected chi connectivity index (χ1v) is 8.95. The van der Waals surface area contributed by atoms with Gasteiger partial charge in [0.15, 0.2) is 6.29 Å². The van der Waals surface area contributed by atoms with Crippen LogP contribution in [-0.2, 0) is 13.5 Å². The largest absolute Gasteiger partial charge is 0.347 e. The van der Waals surface area contributed by atoms with E-state index in [9.17, 15) is 9.18 Å². The molecule has 4 rings (SSSR count). The van der Waals surface area contributed by atoms with E-state index in [1.165, 1.54) is 0 Å². The number of aldehydes is 1. The van der Waals surface area contributed by atoms with Crippen molar-refractivity contribution in [2.24, 2.45) is 7.05 Å². The minimum Gasteiger partial charge on any atom is -0.347 e. The number of aryl methyl sites for hydroxylation is 1. The Morgan fingerprint density at radius 3 is 2.68 bits per heavy atom. The number of fused-ring (bicyclic) bond motifs is 1. The topological polar surface area (TPSA) is 22.0 Å². The fraction of sp³-hybridized carbons (Fsp3) is 0.250. The monoisotopic (exact) mass is 375 g/mol. The van der Waals surface area contributed by atoms with Crippen molar-refractivity contribution in [1.29, 1.82) is 0 Å². The van der Waals surface area contributed by atoms with Crippen LogP contribution in [-0.4, -0.2) is 10.9 Å². The molecule has 1 heterocycles. The number of halogens is 3. The number of carbonyl (C=O) groups is 1. The molecule has 0 bridgehead atoms. The number of aromatic nitrogens is 1. The van der Waals surface area contributed by atoms with Gasteiger partial charge in [-0.25, -0.2) is 4.39 Å². The summed E-state index contributed by atoms with van der Waals surface area (Å²) >= 11 is 12.6. The third-order valence-corrected chi connectivity index (χ3v) is 5.78. The highest BCUT2D eigenvalue weighted by molar-refractivity contribution is 6.37. The van der Waals surface area contributed by atoms with Crippen LogP contribution in [0.3, 0.4) is 0 Å². The molecular formula is C20H16Cl2FNO. The molecule has 1 aliphatic rings. The van der Waals surface area contributed by atoms with Gasteiger partial charge in [0.1, 0.15) is 5.82 Å². The molecule has 1 aliphatic carbocycles. The first-order valence-electron chi connectivity index (χ1n) is 8.19. The summed E-state index contributed by atoms with van der Waals surface area (Å²) in [6.45, 7) is 0. The first-order chi connectivity index (χ1) is 12.0. The van der Waals surface area contributed by atoms with Gasteiger partial charge in [0.05, 0.1) is 10.5 Å². The third kappa shape index (κ3) is 2.86. The Balaban J connectivity index is 1.82. The van der Waals surface area contributed by atoms with Crippen LogP contribution in [0, 0.1) is 5.82 Å². The zero-order valence-corrected chi connectivity index (χ0v) is 15.2. The molecule has 25 heavy (non-hydrogen) atoms. The van der Waals surface area contributed by atoms with E-state index >= 15 is 0 Å². The van der Waals surface area contributed by atoms with Gasteiger partial charge in [0.25, 0.3) is 0 Å². The summed E-state index contributed by atoms with van der Waals surface area (Å²) in [5.41, 5.74) is 3.92. The zero-order valence-electron chi connectivity index (χ0n) is 13.7. The standard InChI is InChI=1S/C20H16Cl2FNO/c1-24-14(8-15-17(21)5-4-12(10-25)20(15)22)9-16-18(23)6-13(7-19(16)24)11-2-3-11/h4-7,9-11H,2-3,8H2,1H3. The minimum atomic E-state index is -0.194. The summed E-state index contributed by atoms with van der Waals surface area (Å²) in [7, 11) is 1.92. The van der Waals surface area contributed by atoms with Gasteiger partial charge in [-0.15, -0.1) is 0 Å². The second kappa shape index (κ2) is 6.15. The maximum atomic E-state index is 14.5. The molecule has 5 heteroatoms. The fourth-order valence-corrected chi connectivity index (χ4v) is 3.88. The van der Waals surface area contributed by atoms with E-state index in [0.717, 1.165) is 29.6 Å². The summed E-state index contributed by atoms with van der Waals surface area (Å²) in [5, 5.41) is 1.45. The molecule has 0 N–H and O–H groups in total. The maximum absolute atomic E-state index is 14.5. The molecule has 3 aromatic rings. The van der Waals surface area contributed by atoms with E-state index in [2.05, 4.69) is 6.07 Å². The number of hydrogen-bond acceptors (Lipinski definition) is 1. The Morgan fingerprint density at radius 2 is 2.00 bits per heavy atom. The van der Waals surface area contributed by atoms with Crippen LogP contribution in [0.4, 0.5) is 4.39 Å². The SMILES string of the molecule is Cn1c(Cc2c(Cl)ccc(C=O)c2Cl)cc2c(F)cc(C3CC3)cc21. The second-order valence-electron chi connectivity index (χ2n) is 6.63. The van der Waals surface area contributed by atoms with Crippen molar-refractivity contribution in [3.05, 3.63) is 68.6 Å². The van der Waals surface area contributed by atoms with Gasteiger partial charge in [-0.2, -0.15) is 0 Å². The van der Waals surface area contributed by atoms with Crippen molar-refractivity contribution < 1.29 is 9.18 Å². The Labute approximate surface area is 155 Å². The van der Waals surface area contributed by atoms with Crippen LogP contribution in [0.2, 0.25) is 10.0 Å². The number of hydrogen-bond donors (Lipinski definition) is 0. The van der Waals surface area contributed by atoms with Gasteiger partial charge in [-0.3, -0.25) is 4.79 Å². The highest BCUT2D eigenvalue weighted by atomic mass is 35.5. The number of nitrogens with zero attached hydrogens (tertiary/aromatic N) is 1. The van der Waals surface area contributed by atoms with Gasteiger partial charge in [-0.1, -0.05) is 23.2 Å². The van der Waals surface area contributed by atoms with E-state index in [1.807, 2.05) is 17.7 Å². The predicted molar refractivity (Wildman–Crippen MR) is 99.5 cm³/mol. The summed E-state index contributed by atoms with van der Waals surface area (Å²) in [4.78, 5) is 11.1. The number of rotatable bonds is 4. The second-order valence-corrected chi connectivity index (χ2v) is 7.41. The van der Waals surface area contributed by atoms with Crippen molar-refractivity contribution in [3.8, 4) is 0 Å². The first kappa shape index (κ1) is 16.6. The summed E-state index contributed by atoms with van der Waals surface area (Å²) in [5.74, 6) is 0.297. The molecule has 0 atom stereocenters. The quantitative estimate of drug-likeness (QED) is 0.519. The third-order valence-electron chi connectivity index (χ3n) is 4.98. The van der Waals surface area contributed by atoms with Gasteiger partial charge < -0.3 is 4.57 Å². The lowest BCUT2D eigenvalue weighted by Gasteiger charge is -2.10. The van der Waals surface area contributed by atoms with Gasteiger partial charge >= 0.3 is 0 Å². The van der Waals surface area contributed by atoms with Crippen LogP contribution in [0.15, 0.2) is 30.3 Å². The molecule has 0 unspecified atom stereocenters. The van der Waals surface area contributed by atoms with Crippen LogP contribution in [0.25, 0.3) is 10.9 Å². The van der Waals surface area contributed by atoms with Crippen molar-refractivity contribution >= 4 is 40.4 Å². The fourth-order valence-electron chi connectivity index (χ4n) is 3.33. The van der Waals surface area contributed by atoms with Crippen LogP contribution >= 0.6 is 23.2 Å². The molecule has 0 radical (unpaired) electrons. The molecule has 0 amide bonds. The average Bonchev–Trinajstić information content (AvgIpc) is 3.38. The maximum Gasteiger partial charge on any atom is 0.151 e. The number of carbonyl (C=O) groups excluding carboxylic acids is 1. The molecule has 1 aromatic heterocycles. The Morgan fingerprint density at radius 1 is 1.24 bits per heavy atom. The molecule has 1 saturated carbocycles. The summed E-state index contributed by atoms with van der Waals surface area (Å²) in [6.07, 6.45) is 3.41. The van der Waals surface area contributed by atoms with Gasteiger partial charge in [0, 0.05) is 35.1 Å². The van der Waals surface area contributed by atoms with Crippen LogP contribution < -0.4 is 0 Å². The molecule has 2 nitrogen and oxygen atoms in total. The minimum absolute atomic E-state index is 0.194. The highest BCUT2D eigenvalue weighted by Gasteiger charge is 2.25. The molecular weight excluding hydrogens is 360 g/mol. The lowest BCUT2D eigenvalue weighted by atomic mass is 10.1. The predicted octanol–water partition coefficient (Wildman–Crippen LogP) is 5.90. The molecule has 1 fully saturated rings. The lowest BCUT2D eigenvalue weighted by molar-refractivity contribution is 0.112. The normalized spacial score (nSPS) is 14.2. The zero-order chi connectivity index (χ0) is 17.7. The van der Waals surface area contributed by atoms with Crippen LogP contribution in [0.1, 0.15) is 45.9 Å². The molecule has 0 saturated heterocycles. The molecule has 0 aliphatic heterocycles. The van der Waals surface area contributed by atoms with E-state index in [-0.39, 0.29) is 5.82 Å². The molecule has 128 valence electrons. The van der Waals surface area contributed by atoms with Crippen molar-refractivity contribution in [1.82, 2.24) is 4.57 Å². The van der Waals surface area contributed by atoms with E-state index in [1.54, 1.807) is 18.2 Å². The Hall–Kier alpha value is -1.84. The highest BCUT2D eigenvalue weighted by Crippen LogP contribution is 2.42. The average molecular weight is 376 g/mol. The van der Waals surface area contributed by atoms with Gasteiger partial charge in [0.2, 0.25) is 0 Å². The van der Waals surface area contributed by atoms with Crippen molar-refractivity contribution in [3.63, 3.8) is 0 Å². The smallest absolute Gasteiger partial charge is 0.151 e. The van der Waals surface area contributed by atoms with E-state index < -0.39 is 0 Å². The Kier molecular flexibility index (Phi) is 4.09. The van der Waals surface area contributed by atoms with Crippen molar-refractivity contribution in [2.45, 2.75) is 25.2 Å². The van der Waals surface area contributed by atoms with Crippen molar-refractivity contribution in [2.75, 3.05) is 0 Å². The lowest BCUT2D eigenvalue weighted by Crippen LogP contribution is -2.00. The number of benzene rings is 2. The summed E-state index contributed by atoms with van der Waals surface area (Å²) < 4.78 is 16.5. The van der Waals surface area contributed by atoms with Gasteiger partial charge in [-0.05, 0) is 60.2 Å². The Bertz CT molecular complexity index is 1000. The van der Waals surface area contributed by atoms with Crippen LogP contribution in [0.5, 0.6) is 0 Å². The van der Waals surface area contributed by atoms with E-state index in [4.69, 9.17) is 23.2 Å². The van der Waals surface area contributed by atoms with E-state index in [0.29, 0.717) is 45.2 Å².